The first-order chi connectivity index (χ1) is 10.3. The summed E-state index contributed by atoms with van der Waals surface area (Å²) in [6.45, 7) is 3.30. The Bertz CT molecular complexity index is 671. The monoisotopic (exact) mass is 304 g/mol. The van der Waals surface area contributed by atoms with Gasteiger partial charge in [-0.1, -0.05) is 13.8 Å². The number of benzene rings is 1. The molecule has 0 aliphatic rings. The summed E-state index contributed by atoms with van der Waals surface area (Å²) in [5.74, 6) is -0.301. The van der Waals surface area contributed by atoms with E-state index in [4.69, 9.17) is 14.7 Å². The van der Waals surface area contributed by atoms with Crippen LogP contribution in [0.4, 0.5) is 5.69 Å². The van der Waals surface area contributed by atoms with Crippen molar-refractivity contribution in [3.05, 3.63) is 33.4 Å². The summed E-state index contributed by atoms with van der Waals surface area (Å²) < 4.78 is 10.1. The summed E-state index contributed by atoms with van der Waals surface area (Å²) in [5, 5.41) is 20.3. The number of nitro benzene ring substituents is 1. The number of ether oxygens (including phenoxy) is 2. The van der Waals surface area contributed by atoms with Crippen LogP contribution in [0.3, 0.4) is 0 Å². The van der Waals surface area contributed by atoms with Crippen LogP contribution < -0.4 is 9.47 Å². The van der Waals surface area contributed by atoms with Crippen molar-refractivity contribution < 1.29 is 19.2 Å². The van der Waals surface area contributed by atoms with Crippen molar-refractivity contribution in [1.29, 1.82) is 5.26 Å². The fourth-order valence-electron chi connectivity index (χ4n) is 1.78. The van der Waals surface area contributed by atoms with Gasteiger partial charge in [-0.3, -0.25) is 14.9 Å². The molecule has 7 nitrogen and oxygen atoms in total. The van der Waals surface area contributed by atoms with Crippen molar-refractivity contribution in [2.24, 2.45) is 5.92 Å². The first-order valence-corrected chi connectivity index (χ1v) is 6.42. The van der Waals surface area contributed by atoms with E-state index in [9.17, 15) is 14.9 Å². The zero-order valence-electron chi connectivity index (χ0n) is 12.7. The van der Waals surface area contributed by atoms with Gasteiger partial charge in [-0.2, -0.15) is 5.26 Å². The molecule has 0 N–H and O–H groups in total. The molecule has 1 rings (SSSR count). The smallest absolute Gasteiger partial charge is 0.280 e. The van der Waals surface area contributed by atoms with Crippen LogP contribution in [-0.4, -0.2) is 24.9 Å². The SMILES string of the molecule is COc1cc(/C=C(/C#N)C(=O)C(C)C)c([N+](=O)[O-])cc1OC. The first kappa shape index (κ1) is 17.2. The Morgan fingerprint density at radius 3 is 2.27 bits per heavy atom. The summed E-state index contributed by atoms with van der Waals surface area (Å²) in [6.07, 6.45) is 1.20. The van der Waals surface area contributed by atoms with E-state index in [1.54, 1.807) is 19.9 Å². The van der Waals surface area contributed by atoms with Crippen molar-refractivity contribution in [3.63, 3.8) is 0 Å². The number of methoxy groups -OCH3 is 2. The lowest BCUT2D eigenvalue weighted by Crippen LogP contribution is -2.09. The lowest BCUT2D eigenvalue weighted by molar-refractivity contribution is -0.385. The van der Waals surface area contributed by atoms with Crippen molar-refractivity contribution in [2.75, 3.05) is 14.2 Å². The third-order valence-electron chi connectivity index (χ3n) is 2.94. The largest absolute Gasteiger partial charge is 0.493 e. The molecule has 0 bridgehead atoms. The molecule has 1 aromatic carbocycles. The second-order valence-electron chi connectivity index (χ2n) is 4.71. The zero-order chi connectivity index (χ0) is 16.9. The molecule has 0 spiro atoms. The van der Waals surface area contributed by atoms with E-state index < -0.39 is 4.92 Å². The number of nitrogens with zero attached hydrogens (tertiary/aromatic N) is 2. The minimum atomic E-state index is -0.608. The van der Waals surface area contributed by atoms with Crippen LogP contribution in [0.1, 0.15) is 19.4 Å². The Morgan fingerprint density at radius 2 is 1.86 bits per heavy atom. The molecule has 0 heterocycles. The molecule has 0 aliphatic carbocycles. The highest BCUT2D eigenvalue weighted by atomic mass is 16.6. The topological polar surface area (TPSA) is 102 Å². The Hall–Kier alpha value is -2.88. The molecule has 0 atom stereocenters. The highest BCUT2D eigenvalue weighted by molar-refractivity contribution is 6.04. The Morgan fingerprint density at radius 1 is 1.32 bits per heavy atom. The fourth-order valence-corrected chi connectivity index (χ4v) is 1.78. The van der Waals surface area contributed by atoms with Crippen molar-refractivity contribution in [2.45, 2.75) is 13.8 Å². The summed E-state index contributed by atoms with van der Waals surface area (Å²) in [4.78, 5) is 22.5. The predicted octanol–water partition coefficient (Wildman–Crippen LogP) is 2.74. The standard InChI is InChI=1S/C15H16N2O5/c1-9(2)15(18)11(8-16)5-10-6-13(21-3)14(22-4)7-12(10)17(19)20/h5-7,9H,1-4H3/b11-5-. The molecule has 0 aromatic heterocycles. The number of allylic oxidation sites excluding steroid dienone is 1. The maximum absolute atomic E-state index is 11.9. The van der Waals surface area contributed by atoms with Crippen molar-refractivity contribution in [3.8, 4) is 17.6 Å². The number of ketones is 1. The molecule has 7 heteroatoms. The molecular formula is C15H16N2O5. The van der Waals surface area contributed by atoms with Gasteiger partial charge in [0.05, 0.1) is 36.3 Å². The summed E-state index contributed by atoms with van der Waals surface area (Å²) in [6, 6.07) is 4.34. The molecule has 0 saturated carbocycles. The average Bonchev–Trinajstić information content (AvgIpc) is 2.50. The van der Waals surface area contributed by atoms with Crippen LogP contribution in [0.5, 0.6) is 11.5 Å². The van der Waals surface area contributed by atoms with Gasteiger partial charge in [0.25, 0.3) is 5.69 Å². The Labute approximate surface area is 127 Å². The van der Waals surface area contributed by atoms with Gasteiger partial charge in [0.1, 0.15) is 6.07 Å². The zero-order valence-corrected chi connectivity index (χ0v) is 12.7. The minimum Gasteiger partial charge on any atom is -0.493 e. The van der Waals surface area contributed by atoms with Crippen LogP contribution in [-0.2, 0) is 4.79 Å². The Balaban J connectivity index is 3.54. The summed E-state index contributed by atoms with van der Waals surface area (Å²) >= 11 is 0. The van der Waals surface area contributed by atoms with Gasteiger partial charge in [-0.15, -0.1) is 0 Å². The Kier molecular flexibility index (Phi) is 5.64. The molecule has 0 amide bonds. The number of carbonyl (C=O) groups is 1. The number of rotatable bonds is 6. The van der Waals surface area contributed by atoms with Crippen LogP contribution in [0, 0.1) is 27.4 Å². The molecule has 116 valence electrons. The number of Topliss-reactive ketones (excluding diaryl/α,β-unsaturated/α-hetero) is 1. The number of hydrogen-bond donors (Lipinski definition) is 0. The lowest BCUT2D eigenvalue weighted by Gasteiger charge is -2.09. The van der Waals surface area contributed by atoms with Crippen LogP contribution >= 0.6 is 0 Å². The average molecular weight is 304 g/mol. The number of carbonyl (C=O) groups excluding carboxylic acids is 1. The molecule has 0 fully saturated rings. The maximum atomic E-state index is 11.9. The van der Waals surface area contributed by atoms with E-state index in [1.807, 2.05) is 0 Å². The van der Waals surface area contributed by atoms with Gasteiger partial charge in [-0.25, -0.2) is 0 Å². The van der Waals surface area contributed by atoms with Crippen LogP contribution in [0.15, 0.2) is 17.7 Å². The third kappa shape index (κ3) is 3.61. The quantitative estimate of drug-likeness (QED) is 0.346. The molecule has 22 heavy (non-hydrogen) atoms. The molecule has 0 aliphatic heterocycles. The lowest BCUT2D eigenvalue weighted by atomic mass is 9.99. The summed E-state index contributed by atoms with van der Waals surface area (Å²) in [7, 11) is 2.75. The second kappa shape index (κ2) is 7.22. The fraction of sp³-hybridized carbons (Fsp3) is 0.333. The van der Waals surface area contributed by atoms with E-state index in [1.165, 1.54) is 32.4 Å². The summed E-state index contributed by atoms with van der Waals surface area (Å²) in [5.41, 5.74) is -0.319. The molecular weight excluding hydrogens is 288 g/mol. The molecule has 0 saturated heterocycles. The van der Waals surface area contributed by atoms with Gasteiger partial charge in [0.15, 0.2) is 17.3 Å². The van der Waals surface area contributed by atoms with E-state index >= 15 is 0 Å². The third-order valence-corrected chi connectivity index (χ3v) is 2.94. The van der Waals surface area contributed by atoms with Gasteiger partial charge in [0.2, 0.25) is 0 Å². The normalized spacial score (nSPS) is 11.0. The maximum Gasteiger partial charge on any atom is 0.280 e. The highest BCUT2D eigenvalue weighted by Gasteiger charge is 2.21. The van der Waals surface area contributed by atoms with Crippen molar-refractivity contribution in [1.82, 2.24) is 0 Å². The van der Waals surface area contributed by atoms with E-state index in [-0.39, 0.29) is 40.0 Å². The minimum absolute atomic E-state index is 0.105. The van der Waals surface area contributed by atoms with Crippen LogP contribution in [0.2, 0.25) is 0 Å². The molecule has 0 radical (unpaired) electrons. The van der Waals surface area contributed by atoms with Gasteiger partial charge in [-0.05, 0) is 12.1 Å². The van der Waals surface area contributed by atoms with E-state index in [0.29, 0.717) is 0 Å². The number of hydrogen-bond acceptors (Lipinski definition) is 6. The first-order valence-electron chi connectivity index (χ1n) is 6.42. The van der Waals surface area contributed by atoms with Gasteiger partial charge in [0, 0.05) is 5.92 Å². The predicted molar refractivity (Wildman–Crippen MR) is 79.6 cm³/mol. The highest BCUT2D eigenvalue weighted by Crippen LogP contribution is 2.35. The number of nitro groups is 1. The second-order valence-corrected chi connectivity index (χ2v) is 4.71. The van der Waals surface area contributed by atoms with Gasteiger partial charge < -0.3 is 9.47 Å². The van der Waals surface area contributed by atoms with Crippen molar-refractivity contribution >= 4 is 17.5 Å². The molecule has 0 unspecified atom stereocenters. The van der Waals surface area contributed by atoms with Crippen LogP contribution in [0.25, 0.3) is 6.08 Å². The van der Waals surface area contributed by atoms with E-state index in [0.717, 1.165) is 0 Å². The molecule has 1 aromatic rings. The van der Waals surface area contributed by atoms with Gasteiger partial charge >= 0.3 is 0 Å². The van der Waals surface area contributed by atoms with E-state index in [2.05, 4.69) is 0 Å². The number of nitriles is 1.